The number of carbonyl (C=O) groups excluding carboxylic acids is 1. The fourth-order valence-electron chi connectivity index (χ4n) is 5.94. The number of nitrogens with zero attached hydrogens (tertiary/aromatic N) is 5. The zero-order valence-corrected chi connectivity index (χ0v) is 26.0. The van der Waals surface area contributed by atoms with Gasteiger partial charge in [0.25, 0.3) is 10.0 Å². The zero-order chi connectivity index (χ0) is 31.5. The minimum atomic E-state index is -4.16. The van der Waals surface area contributed by atoms with E-state index in [0.29, 0.717) is 36.3 Å². The Bertz CT molecular complexity index is 2200. The summed E-state index contributed by atoms with van der Waals surface area (Å²) in [6, 6.07) is 19.6. The third kappa shape index (κ3) is 5.10. The van der Waals surface area contributed by atoms with Gasteiger partial charge in [-0.2, -0.15) is 5.10 Å². The van der Waals surface area contributed by atoms with Gasteiger partial charge < -0.3 is 15.5 Å². The van der Waals surface area contributed by atoms with E-state index < -0.39 is 15.8 Å². The van der Waals surface area contributed by atoms with Gasteiger partial charge >= 0.3 is 0 Å². The molecule has 3 N–H and O–H groups in total. The lowest BCUT2D eigenvalue weighted by Gasteiger charge is -2.33. The molecule has 1 unspecified atom stereocenters. The molecule has 1 aliphatic rings. The molecule has 6 aromatic rings. The van der Waals surface area contributed by atoms with Crippen LogP contribution in [-0.2, 0) is 21.3 Å². The van der Waals surface area contributed by atoms with Crippen LogP contribution in [0.15, 0.2) is 77.8 Å². The second-order valence-electron chi connectivity index (χ2n) is 11.6. The van der Waals surface area contributed by atoms with E-state index in [-0.39, 0.29) is 28.0 Å². The summed E-state index contributed by atoms with van der Waals surface area (Å²) in [6.45, 7) is 8.70. The first-order valence-electron chi connectivity index (χ1n) is 14.7. The van der Waals surface area contributed by atoms with E-state index in [2.05, 4.69) is 26.9 Å². The van der Waals surface area contributed by atoms with Gasteiger partial charge in [-0.25, -0.2) is 22.1 Å². The van der Waals surface area contributed by atoms with Crippen LogP contribution in [0.2, 0.25) is 0 Å². The summed E-state index contributed by atoms with van der Waals surface area (Å²) in [7, 11) is -4.16. The topological polar surface area (TPSA) is 141 Å². The molecular formula is C33H33N7O4S. The Morgan fingerprint density at radius 3 is 2.64 bits per heavy atom. The summed E-state index contributed by atoms with van der Waals surface area (Å²) < 4.78 is 36.6. The molecule has 7 rings (SSSR count). The molecule has 0 saturated carbocycles. The number of rotatable bonds is 7. The third-order valence-electron chi connectivity index (χ3n) is 8.38. The molecule has 1 aliphatic heterocycles. The number of H-pyrrole nitrogens is 1. The van der Waals surface area contributed by atoms with Crippen LogP contribution in [0.25, 0.3) is 27.6 Å². The Morgan fingerprint density at radius 1 is 1.07 bits per heavy atom. The van der Waals surface area contributed by atoms with Crippen molar-refractivity contribution in [2.75, 3.05) is 25.5 Å². The van der Waals surface area contributed by atoms with Crippen molar-refractivity contribution in [3.05, 3.63) is 101 Å². The maximum Gasteiger partial charge on any atom is 0.268 e. The van der Waals surface area contributed by atoms with E-state index in [4.69, 9.17) is 10.5 Å². The predicted molar refractivity (Wildman–Crippen MR) is 172 cm³/mol. The van der Waals surface area contributed by atoms with Crippen molar-refractivity contribution < 1.29 is 17.9 Å². The van der Waals surface area contributed by atoms with Gasteiger partial charge in [0.2, 0.25) is 5.78 Å². The molecule has 0 bridgehead atoms. The molecule has 11 nitrogen and oxygen atoms in total. The summed E-state index contributed by atoms with van der Waals surface area (Å²) in [6.07, 6.45) is 1.38. The minimum Gasteiger partial charge on any atom is -0.383 e. The lowest BCUT2D eigenvalue weighted by atomic mass is 10.1. The number of nitrogen functional groups attached to an aromatic ring is 1. The number of hydrogen-bond donors (Lipinski definition) is 2. The number of ketones is 1. The summed E-state index contributed by atoms with van der Waals surface area (Å²) in [5, 5.41) is 5.05. The van der Waals surface area contributed by atoms with Gasteiger partial charge in [-0.3, -0.25) is 9.69 Å². The molecule has 4 heterocycles. The largest absolute Gasteiger partial charge is 0.383 e. The average Bonchev–Trinajstić information content (AvgIpc) is 3.71. The molecule has 230 valence electrons. The molecule has 0 aliphatic carbocycles. The van der Waals surface area contributed by atoms with Crippen molar-refractivity contribution >= 4 is 43.6 Å². The summed E-state index contributed by atoms with van der Waals surface area (Å²) in [5.41, 5.74) is 11.2. The average molecular weight is 624 g/mol. The lowest BCUT2D eigenvalue weighted by Crippen LogP contribution is -2.42. The van der Waals surface area contributed by atoms with Crippen LogP contribution < -0.4 is 5.73 Å². The zero-order valence-electron chi connectivity index (χ0n) is 25.2. The Labute approximate surface area is 260 Å². The van der Waals surface area contributed by atoms with Gasteiger partial charge in [0.1, 0.15) is 17.3 Å². The number of nitrogens with one attached hydrogen (secondary N) is 1. The monoisotopic (exact) mass is 623 g/mol. The van der Waals surface area contributed by atoms with Crippen molar-refractivity contribution in [1.82, 2.24) is 28.6 Å². The van der Waals surface area contributed by atoms with Crippen molar-refractivity contribution in [2.45, 2.75) is 38.3 Å². The van der Waals surface area contributed by atoms with E-state index >= 15 is 0 Å². The van der Waals surface area contributed by atoms with Crippen LogP contribution in [0.5, 0.6) is 0 Å². The molecule has 3 aromatic carbocycles. The number of aromatic nitrogens is 5. The molecule has 1 atom stereocenters. The number of morpholine rings is 1. The first kappa shape index (κ1) is 29.0. The Kier molecular flexibility index (Phi) is 7.07. The SMILES string of the molecule is Cc1ccc(S(=O)(=O)n2c(C(=O)c3cnn(-c4ccc5nc(C)[nH]c5c4)c3N)cc3cc(CN4CCOCC4C)ccc32)cc1. The molecule has 45 heavy (non-hydrogen) atoms. The molecule has 12 heteroatoms. The normalized spacial score (nSPS) is 16.1. The molecule has 3 aromatic heterocycles. The van der Waals surface area contributed by atoms with Gasteiger partial charge in [0.05, 0.1) is 52.1 Å². The van der Waals surface area contributed by atoms with Gasteiger partial charge in [-0.05, 0) is 74.9 Å². The number of aromatic amines is 1. The number of fused-ring (bicyclic) bond motifs is 2. The molecule has 1 fully saturated rings. The Morgan fingerprint density at radius 2 is 1.87 bits per heavy atom. The lowest BCUT2D eigenvalue weighted by molar-refractivity contribution is -0.00435. The summed E-state index contributed by atoms with van der Waals surface area (Å²) >= 11 is 0. The highest BCUT2D eigenvalue weighted by Crippen LogP contribution is 2.31. The van der Waals surface area contributed by atoms with Crippen molar-refractivity contribution in [3.63, 3.8) is 0 Å². The number of imidazole rings is 1. The van der Waals surface area contributed by atoms with Crippen LogP contribution in [0, 0.1) is 13.8 Å². The number of hydrogen-bond acceptors (Lipinski definition) is 8. The number of carbonyl (C=O) groups is 1. The van der Waals surface area contributed by atoms with Gasteiger partial charge in [-0.15, -0.1) is 0 Å². The van der Waals surface area contributed by atoms with E-state index in [1.807, 2.05) is 44.2 Å². The van der Waals surface area contributed by atoms with Gasteiger partial charge in [0, 0.05) is 24.5 Å². The van der Waals surface area contributed by atoms with E-state index in [0.717, 1.165) is 38.5 Å². The van der Waals surface area contributed by atoms with Crippen molar-refractivity contribution in [2.24, 2.45) is 0 Å². The molecule has 0 radical (unpaired) electrons. The maximum absolute atomic E-state index is 14.2. The van der Waals surface area contributed by atoms with Crippen molar-refractivity contribution in [3.8, 4) is 5.69 Å². The van der Waals surface area contributed by atoms with E-state index in [1.165, 1.54) is 10.9 Å². The summed E-state index contributed by atoms with van der Waals surface area (Å²) in [5.74, 6) is 0.325. The van der Waals surface area contributed by atoms with E-state index in [9.17, 15) is 13.2 Å². The standard InChI is InChI=1S/C33H33N7O4S/c1-20-4-8-26(9-5-20)45(42,43)40-30-11-6-23(18-38-12-13-44-19-21(38)2)14-24(30)15-31(40)32(41)27-17-35-39(33(27)34)25-7-10-28-29(16-25)37-22(3)36-28/h4-11,14-17,21H,12-13,18-19,34H2,1-3H3,(H,36,37). The fraction of sp³-hybridized carbons (Fsp3) is 0.242. The Hall–Kier alpha value is -4.78. The van der Waals surface area contributed by atoms with Gasteiger partial charge in [-0.1, -0.05) is 23.8 Å². The highest BCUT2D eigenvalue weighted by atomic mass is 32.2. The second-order valence-corrected chi connectivity index (χ2v) is 13.4. The van der Waals surface area contributed by atoms with Crippen LogP contribution in [0.1, 0.15) is 39.9 Å². The third-order valence-corrected chi connectivity index (χ3v) is 10.1. The number of benzene rings is 3. The van der Waals surface area contributed by atoms with Crippen molar-refractivity contribution in [1.29, 1.82) is 0 Å². The smallest absolute Gasteiger partial charge is 0.268 e. The maximum atomic E-state index is 14.2. The molecule has 0 spiro atoms. The number of ether oxygens (including phenoxy) is 1. The number of nitrogens with two attached hydrogens (primary N) is 1. The number of anilines is 1. The van der Waals surface area contributed by atoms with Crippen LogP contribution >= 0.6 is 0 Å². The van der Waals surface area contributed by atoms with Crippen LogP contribution in [0.4, 0.5) is 5.82 Å². The van der Waals surface area contributed by atoms with E-state index in [1.54, 1.807) is 36.4 Å². The van der Waals surface area contributed by atoms with Crippen LogP contribution in [-0.4, -0.2) is 68.6 Å². The molecule has 0 amide bonds. The first-order chi connectivity index (χ1) is 21.6. The molecule has 1 saturated heterocycles. The quantitative estimate of drug-likeness (QED) is 0.246. The highest BCUT2D eigenvalue weighted by Gasteiger charge is 2.30. The first-order valence-corrected chi connectivity index (χ1v) is 16.2. The fourth-order valence-corrected chi connectivity index (χ4v) is 7.45. The minimum absolute atomic E-state index is 0.0200. The van der Waals surface area contributed by atoms with Crippen LogP contribution in [0.3, 0.4) is 0 Å². The number of aryl methyl sites for hydroxylation is 2. The Balaban J connectivity index is 1.33. The highest BCUT2D eigenvalue weighted by molar-refractivity contribution is 7.90. The second kappa shape index (κ2) is 11.0. The van der Waals surface area contributed by atoms with Gasteiger partial charge in [0.15, 0.2) is 0 Å². The summed E-state index contributed by atoms with van der Waals surface area (Å²) in [4.78, 5) is 24.3. The predicted octanol–water partition coefficient (Wildman–Crippen LogP) is 4.59. The molecular weight excluding hydrogens is 590 g/mol.